The Kier molecular flexibility index (Phi) is 7.49. The summed E-state index contributed by atoms with van der Waals surface area (Å²) in [6, 6.07) is 6.09. The van der Waals surface area contributed by atoms with E-state index in [1.165, 1.54) is 7.11 Å². The Morgan fingerprint density at radius 2 is 2.00 bits per heavy atom. The smallest absolute Gasteiger partial charge is 0.308 e. The lowest BCUT2D eigenvalue weighted by molar-refractivity contribution is -0.146. The Morgan fingerprint density at radius 1 is 1.28 bits per heavy atom. The van der Waals surface area contributed by atoms with E-state index in [0.29, 0.717) is 29.2 Å². The highest BCUT2D eigenvalue weighted by Crippen LogP contribution is 2.34. The fraction of sp³-hybridized carbons (Fsp3) is 0.476. The molecular weight excluding hydrogens is 458 g/mol. The van der Waals surface area contributed by atoms with Gasteiger partial charge in [0.2, 0.25) is 5.88 Å². The molecule has 6 nitrogen and oxygen atoms in total. The van der Waals surface area contributed by atoms with Gasteiger partial charge < -0.3 is 9.47 Å². The molecule has 0 saturated heterocycles. The van der Waals surface area contributed by atoms with E-state index in [0.717, 1.165) is 41.4 Å². The second kappa shape index (κ2) is 9.87. The first-order valence-corrected chi connectivity index (χ1v) is 10.7. The van der Waals surface area contributed by atoms with Crippen LogP contribution in [0.5, 0.6) is 5.88 Å². The maximum Gasteiger partial charge on any atom is 0.308 e. The molecule has 8 heteroatoms. The lowest BCUT2D eigenvalue weighted by Crippen LogP contribution is -2.36. The van der Waals surface area contributed by atoms with Gasteiger partial charge in [0, 0.05) is 22.6 Å². The molecule has 1 saturated carbocycles. The summed E-state index contributed by atoms with van der Waals surface area (Å²) < 4.78 is 11.2. The van der Waals surface area contributed by atoms with Crippen LogP contribution in [-0.4, -0.2) is 48.1 Å². The third kappa shape index (κ3) is 5.08. The molecule has 29 heavy (non-hydrogen) atoms. The van der Waals surface area contributed by atoms with Crippen LogP contribution in [-0.2, 0) is 16.1 Å². The molecule has 1 aromatic heterocycles. The van der Waals surface area contributed by atoms with Gasteiger partial charge in [0.15, 0.2) is 0 Å². The largest absolute Gasteiger partial charge is 0.480 e. The molecule has 0 spiro atoms. The SMILES string of the molecule is COC(=O)C1CCC(N(C)Cc2ncc(-c3cccc(Br)c3Cl)nc2OC)CC1. The summed E-state index contributed by atoms with van der Waals surface area (Å²) in [5, 5.41) is 0.594. The molecule has 0 atom stereocenters. The van der Waals surface area contributed by atoms with Gasteiger partial charge in [-0.05, 0) is 54.7 Å². The van der Waals surface area contributed by atoms with Gasteiger partial charge in [0.05, 0.1) is 37.1 Å². The number of halogens is 2. The Labute approximate surface area is 184 Å². The van der Waals surface area contributed by atoms with E-state index in [9.17, 15) is 4.79 Å². The van der Waals surface area contributed by atoms with Crippen LogP contribution in [0, 0.1) is 5.92 Å². The maximum absolute atomic E-state index is 11.7. The van der Waals surface area contributed by atoms with Crippen LogP contribution in [0.3, 0.4) is 0 Å². The predicted molar refractivity (Wildman–Crippen MR) is 116 cm³/mol. The van der Waals surface area contributed by atoms with Crippen molar-refractivity contribution in [2.75, 3.05) is 21.3 Å². The quantitative estimate of drug-likeness (QED) is 0.555. The van der Waals surface area contributed by atoms with Crippen molar-refractivity contribution in [2.45, 2.75) is 38.3 Å². The molecular formula is C21H25BrClN3O3. The molecule has 0 N–H and O–H groups in total. The minimum absolute atomic E-state index is 0.0215. The predicted octanol–water partition coefficient (Wildman–Crippen LogP) is 4.73. The highest BCUT2D eigenvalue weighted by Gasteiger charge is 2.29. The van der Waals surface area contributed by atoms with Crippen LogP contribution < -0.4 is 4.74 Å². The molecule has 3 rings (SSSR count). The molecule has 1 aliphatic rings. The molecule has 0 radical (unpaired) electrons. The number of ether oxygens (including phenoxy) is 2. The standard InChI is InChI=1S/C21H25BrClN3O3/c1-26(14-9-7-13(8-10-14)21(27)29-3)12-18-20(28-2)25-17(11-24-18)15-5-4-6-16(22)19(15)23/h4-6,11,13-14H,7-10,12H2,1-3H3. The molecule has 2 aromatic rings. The summed E-state index contributed by atoms with van der Waals surface area (Å²) in [6.45, 7) is 0.621. The number of rotatable bonds is 6. The van der Waals surface area contributed by atoms with E-state index >= 15 is 0 Å². The monoisotopic (exact) mass is 481 g/mol. The van der Waals surface area contributed by atoms with Crippen molar-refractivity contribution in [3.63, 3.8) is 0 Å². The second-order valence-corrected chi connectivity index (χ2v) is 8.49. The maximum atomic E-state index is 11.7. The van der Waals surface area contributed by atoms with Gasteiger partial charge in [0.25, 0.3) is 0 Å². The molecule has 156 valence electrons. The summed E-state index contributed by atoms with van der Waals surface area (Å²) >= 11 is 9.84. The zero-order valence-electron chi connectivity index (χ0n) is 16.8. The number of hydrogen-bond donors (Lipinski definition) is 0. The Morgan fingerprint density at radius 3 is 2.66 bits per heavy atom. The van der Waals surface area contributed by atoms with Gasteiger partial charge >= 0.3 is 5.97 Å². The van der Waals surface area contributed by atoms with Crippen LogP contribution in [0.2, 0.25) is 5.02 Å². The number of carbonyl (C=O) groups is 1. The van der Waals surface area contributed by atoms with Crippen LogP contribution in [0.1, 0.15) is 31.4 Å². The highest BCUT2D eigenvalue weighted by atomic mass is 79.9. The van der Waals surface area contributed by atoms with Crippen molar-refractivity contribution in [3.05, 3.63) is 39.6 Å². The lowest BCUT2D eigenvalue weighted by Gasteiger charge is -2.33. The van der Waals surface area contributed by atoms with Crippen molar-refractivity contribution in [3.8, 4) is 17.1 Å². The summed E-state index contributed by atoms with van der Waals surface area (Å²) in [5.41, 5.74) is 2.24. The van der Waals surface area contributed by atoms with E-state index in [1.807, 2.05) is 18.2 Å². The Bertz CT molecular complexity index is 872. The molecule has 1 fully saturated rings. The number of carbonyl (C=O) groups excluding carboxylic acids is 1. The van der Waals surface area contributed by atoms with E-state index in [-0.39, 0.29) is 11.9 Å². The first-order valence-electron chi connectivity index (χ1n) is 9.57. The van der Waals surface area contributed by atoms with Crippen molar-refractivity contribution in [2.24, 2.45) is 5.92 Å². The third-order valence-corrected chi connectivity index (χ3v) is 6.78. The van der Waals surface area contributed by atoms with Gasteiger partial charge in [0.1, 0.15) is 5.69 Å². The number of aromatic nitrogens is 2. The van der Waals surface area contributed by atoms with Gasteiger partial charge in [-0.2, -0.15) is 0 Å². The fourth-order valence-electron chi connectivity index (χ4n) is 3.78. The molecule has 1 heterocycles. The fourth-order valence-corrected chi connectivity index (χ4v) is 4.37. The van der Waals surface area contributed by atoms with Crippen LogP contribution in [0.15, 0.2) is 28.9 Å². The molecule has 1 aromatic carbocycles. The summed E-state index contributed by atoms with van der Waals surface area (Å²) in [7, 11) is 5.13. The molecule has 0 bridgehead atoms. The summed E-state index contributed by atoms with van der Waals surface area (Å²) in [5.74, 6) is 0.419. The first-order chi connectivity index (χ1) is 13.9. The number of nitrogens with zero attached hydrogens (tertiary/aromatic N) is 3. The average molecular weight is 483 g/mol. The van der Waals surface area contributed by atoms with Crippen LogP contribution >= 0.6 is 27.5 Å². The third-order valence-electron chi connectivity index (χ3n) is 5.49. The lowest BCUT2D eigenvalue weighted by atomic mass is 9.85. The zero-order chi connectivity index (χ0) is 21.0. The van der Waals surface area contributed by atoms with Crippen molar-refractivity contribution in [1.29, 1.82) is 0 Å². The number of methoxy groups -OCH3 is 2. The molecule has 0 amide bonds. The number of hydrogen-bond acceptors (Lipinski definition) is 6. The van der Waals surface area contributed by atoms with E-state index in [4.69, 9.17) is 21.1 Å². The molecule has 1 aliphatic carbocycles. The van der Waals surface area contributed by atoms with E-state index < -0.39 is 0 Å². The highest BCUT2D eigenvalue weighted by molar-refractivity contribution is 9.10. The Hall–Kier alpha value is -1.70. The molecule has 0 aliphatic heterocycles. The number of esters is 1. The zero-order valence-corrected chi connectivity index (χ0v) is 19.2. The minimum atomic E-state index is -0.0968. The van der Waals surface area contributed by atoms with Gasteiger partial charge in [-0.25, -0.2) is 4.98 Å². The topological polar surface area (TPSA) is 64.5 Å². The minimum Gasteiger partial charge on any atom is -0.480 e. The van der Waals surface area contributed by atoms with Crippen LogP contribution in [0.25, 0.3) is 11.3 Å². The van der Waals surface area contributed by atoms with Crippen molar-refractivity contribution >= 4 is 33.5 Å². The summed E-state index contributed by atoms with van der Waals surface area (Å²) in [6.07, 6.45) is 5.35. The van der Waals surface area contributed by atoms with Crippen molar-refractivity contribution in [1.82, 2.24) is 14.9 Å². The van der Waals surface area contributed by atoms with Gasteiger partial charge in [-0.3, -0.25) is 14.7 Å². The van der Waals surface area contributed by atoms with E-state index in [1.54, 1.807) is 13.3 Å². The van der Waals surface area contributed by atoms with Crippen LogP contribution in [0.4, 0.5) is 0 Å². The van der Waals surface area contributed by atoms with Gasteiger partial charge in [-0.1, -0.05) is 23.7 Å². The van der Waals surface area contributed by atoms with E-state index in [2.05, 4.69) is 37.8 Å². The summed E-state index contributed by atoms with van der Waals surface area (Å²) in [4.78, 5) is 23.2. The second-order valence-electron chi connectivity index (χ2n) is 7.26. The molecule has 0 unspecified atom stereocenters. The Balaban J connectivity index is 1.71. The average Bonchev–Trinajstić information content (AvgIpc) is 2.75. The number of benzene rings is 1. The first kappa shape index (κ1) is 22.0. The normalized spacial score (nSPS) is 19.2. The van der Waals surface area contributed by atoms with Crippen molar-refractivity contribution < 1.29 is 14.3 Å². The van der Waals surface area contributed by atoms with Gasteiger partial charge in [-0.15, -0.1) is 0 Å².